The van der Waals surface area contributed by atoms with Crippen molar-refractivity contribution in [2.45, 2.75) is 26.2 Å². The molecule has 1 aliphatic rings. The lowest BCUT2D eigenvalue weighted by molar-refractivity contribution is -0.117. The quantitative estimate of drug-likeness (QED) is 0.610. The first-order valence-electron chi connectivity index (χ1n) is 4.32. The fourth-order valence-electron chi connectivity index (χ4n) is 1.34. The Morgan fingerprint density at radius 3 is 2.64 bits per heavy atom. The average Bonchev–Trinajstić information content (AvgIpc) is 2.03. The highest BCUT2D eigenvalue weighted by molar-refractivity contribution is 5.75. The minimum Gasteiger partial charge on any atom is -0.303 e. The molecule has 11 heavy (non-hydrogen) atoms. The summed E-state index contributed by atoms with van der Waals surface area (Å²) in [6.07, 6.45) is 5.43. The zero-order chi connectivity index (χ0) is 8.10. The molecule has 0 amide bonds. The number of rotatable bonds is 3. The number of carbonyl (C=O) groups is 1. The van der Waals surface area contributed by atoms with E-state index in [2.05, 4.69) is 11.3 Å². The summed E-state index contributed by atoms with van der Waals surface area (Å²) in [4.78, 5) is 13.0. The van der Waals surface area contributed by atoms with Crippen molar-refractivity contribution in [3.8, 4) is 0 Å². The van der Waals surface area contributed by atoms with E-state index in [0.29, 0.717) is 5.78 Å². The highest BCUT2D eigenvalue weighted by Gasteiger charge is 2.09. The number of hydrogen-bond donors (Lipinski definition) is 0. The Morgan fingerprint density at radius 2 is 2.09 bits per heavy atom. The van der Waals surface area contributed by atoms with E-state index >= 15 is 0 Å². The topological polar surface area (TPSA) is 20.3 Å². The van der Waals surface area contributed by atoms with Gasteiger partial charge in [-0.25, -0.2) is 0 Å². The second-order valence-corrected chi connectivity index (χ2v) is 3.16. The molecule has 63 valence electrons. The van der Waals surface area contributed by atoms with Crippen molar-refractivity contribution in [3.05, 3.63) is 6.42 Å². The van der Waals surface area contributed by atoms with Crippen LogP contribution in [-0.2, 0) is 4.79 Å². The molecule has 0 saturated carbocycles. The predicted molar refractivity (Wildman–Crippen MR) is 45.3 cm³/mol. The molecule has 0 bridgehead atoms. The van der Waals surface area contributed by atoms with E-state index in [1.165, 1.54) is 12.8 Å². The molecule has 0 unspecified atom stereocenters. The molecule has 1 saturated heterocycles. The molecule has 0 atom stereocenters. The predicted octanol–water partition coefficient (Wildman–Crippen LogP) is 1.27. The van der Waals surface area contributed by atoms with Crippen LogP contribution >= 0.6 is 0 Å². The lowest BCUT2D eigenvalue weighted by Gasteiger charge is -2.25. The van der Waals surface area contributed by atoms with Gasteiger partial charge in [-0.2, -0.15) is 0 Å². The van der Waals surface area contributed by atoms with Crippen molar-refractivity contribution in [3.63, 3.8) is 0 Å². The van der Waals surface area contributed by atoms with Crippen molar-refractivity contribution in [2.75, 3.05) is 19.6 Å². The third-order valence-corrected chi connectivity index (χ3v) is 2.08. The maximum absolute atomic E-state index is 10.7. The lowest BCUT2D eigenvalue weighted by Crippen LogP contribution is -2.31. The Labute approximate surface area is 68.6 Å². The van der Waals surface area contributed by atoms with Gasteiger partial charge in [0.05, 0.1) is 0 Å². The van der Waals surface area contributed by atoms with Gasteiger partial charge in [0.2, 0.25) is 0 Å². The molecule has 2 nitrogen and oxygen atoms in total. The van der Waals surface area contributed by atoms with E-state index in [9.17, 15) is 4.79 Å². The van der Waals surface area contributed by atoms with Crippen LogP contribution in [0.3, 0.4) is 0 Å². The summed E-state index contributed by atoms with van der Waals surface area (Å²) in [6.45, 7) is 4.92. The summed E-state index contributed by atoms with van der Waals surface area (Å²) in [5.41, 5.74) is 0. The summed E-state index contributed by atoms with van der Waals surface area (Å²) in [5, 5.41) is 0. The van der Waals surface area contributed by atoms with Crippen LogP contribution in [0, 0.1) is 6.42 Å². The molecule has 0 aromatic rings. The van der Waals surface area contributed by atoms with Crippen molar-refractivity contribution < 1.29 is 4.79 Å². The number of piperidine rings is 1. The van der Waals surface area contributed by atoms with E-state index in [1.807, 2.05) is 0 Å². The molecule has 1 fully saturated rings. The fraction of sp³-hybridized carbons (Fsp3) is 0.778. The van der Waals surface area contributed by atoms with Crippen LogP contribution in [0.15, 0.2) is 0 Å². The van der Waals surface area contributed by atoms with Crippen molar-refractivity contribution >= 4 is 5.78 Å². The number of Topliss-reactive ketones (excluding diaryl/α,β-unsaturated/α-hetero) is 1. The molecule has 1 rings (SSSR count). The second-order valence-electron chi connectivity index (χ2n) is 3.16. The summed E-state index contributed by atoms with van der Waals surface area (Å²) >= 11 is 0. The van der Waals surface area contributed by atoms with E-state index in [0.717, 1.165) is 26.1 Å². The largest absolute Gasteiger partial charge is 0.303 e. The van der Waals surface area contributed by atoms with Gasteiger partial charge >= 0.3 is 0 Å². The van der Waals surface area contributed by atoms with Gasteiger partial charge in [0.25, 0.3) is 0 Å². The fourth-order valence-corrected chi connectivity index (χ4v) is 1.34. The molecule has 0 aliphatic carbocycles. The van der Waals surface area contributed by atoms with Crippen LogP contribution in [-0.4, -0.2) is 30.3 Å². The van der Waals surface area contributed by atoms with E-state index in [4.69, 9.17) is 0 Å². The molecule has 1 radical (unpaired) electrons. The van der Waals surface area contributed by atoms with Crippen LogP contribution in [0.4, 0.5) is 0 Å². The Morgan fingerprint density at radius 1 is 1.45 bits per heavy atom. The van der Waals surface area contributed by atoms with Crippen LogP contribution in [0.1, 0.15) is 26.2 Å². The zero-order valence-corrected chi connectivity index (χ0v) is 7.18. The normalized spacial score (nSPS) is 20.1. The van der Waals surface area contributed by atoms with E-state index < -0.39 is 0 Å². The minimum atomic E-state index is 0.305. The minimum absolute atomic E-state index is 0.305. The SMILES string of the molecule is CC(=O)CCN1CC[CH]CC1. The van der Waals surface area contributed by atoms with Gasteiger partial charge in [-0.05, 0) is 39.3 Å². The zero-order valence-electron chi connectivity index (χ0n) is 7.18. The van der Waals surface area contributed by atoms with Crippen molar-refractivity contribution in [1.82, 2.24) is 4.90 Å². The van der Waals surface area contributed by atoms with E-state index in [-0.39, 0.29) is 0 Å². The van der Waals surface area contributed by atoms with Crippen LogP contribution in [0.25, 0.3) is 0 Å². The number of nitrogens with zero attached hydrogens (tertiary/aromatic N) is 1. The van der Waals surface area contributed by atoms with Gasteiger partial charge in [0.1, 0.15) is 5.78 Å². The Bertz CT molecular complexity index is 128. The first-order valence-corrected chi connectivity index (χ1v) is 4.32. The maximum atomic E-state index is 10.7. The van der Waals surface area contributed by atoms with Crippen LogP contribution in [0.5, 0.6) is 0 Å². The summed E-state index contributed by atoms with van der Waals surface area (Å²) in [7, 11) is 0. The average molecular weight is 154 g/mol. The van der Waals surface area contributed by atoms with Gasteiger partial charge in [-0.1, -0.05) is 0 Å². The molecule has 1 heterocycles. The van der Waals surface area contributed by atoms with Crippen LogP contribution in [0.2, 0.25) is 0 Å². The second kappa shape index (κ2) is 4.50. The number of ketones is 1. The monoisotopic (exact) mass is 154 g/mol. The molecule has 0 N–H and O–H groups in total. The molecule has 0 aromatic heterocycles. The van der Waals surface area contributed by atoms with Gasteiger partial charge in [-0.3, -0.25) is 4.79 Å². The number of carbonyl (C=O) groups excluding carboxylic acids is 1. The lowest BCUT2D eigenvalue weighted by atomic mass is 10.1. The Hall–Kier alpha value is -0.370. The third kappa shape index (κ3) is 3.51. The van der Waals surface area contributed by atoms with Gasteiger partial charge in [-0.15, -0.1) is 0 Å². The van der Waals surface area contributed by atoms with Gasteiger partial charge < -0.3 is 4.90 Å². The molecule has 0 aromatic carbocycles. The molecule has 0 spiro atoms. The van der Waals surface area contributed by atoms with Crippen molar-refractivity contribution in [1.29, 1.82) is 0 Å². The first kappa shape index (κ1) is 8.72. The van der Waals surface area contributed by atoms with E-state index in [1.54, 1.807) is 6.92 Å². The first-order chi connectivity index (χ1) is 5.29. The third-order valence-electron chi connectivity index (χ3n) is 2.08. The molecular weight excluding hydrogens is 138 g/mol. The number of hydrogen-bond acceptors (Lipinski definition) is 2. The standard InChI is InChI=1S/C9H16NO/c1-9(11)5-8-10-6-3-2-4-7-10/h2H,3-8H2,1H3. The Kier molecular flexibility index (Phi) is 3.57. The number of likely N-dealkylation sites (tertiary alicyclic amines) is 1. The molecule has 2 heteroatoms. The summed E-state index contributed by atoms with van der Waals surface area (Å²) in [6, 6.07) is 0. The van der Waals surface area contributed by atoms with Gasteiger partial charge in [0, 0.05) is 13.0 Å². The highest BCUT2D eigenvalue weighted by Crippen LogP contribution is 2.07. The van der Waals surface area contributed by atoms with Crippen LogP contribution < -0.4 is 0 Å². The molecule has 1 aliphatic heterocycles. The Balaban J connectivity index is 2.09. The molecular formula is C9H16NO. The highest BCUT2D eigenvalue weighted by atomic mass is 16.1. The summed E-state index contributed by atoms with van der Waals surface area (Å²) in [5.74, 6) is 0.305. The van der Waals surface area contributed by atoms with Gasteiger partial charge in [0.15, 0.2) is 0 Å². The summed E-state index contributed by atoms with van der Waals surface area (Å²) < 4.78 is 0. The smallest absolute Gasteiger partial charge is 0.131 e. The maximum Gasteiger partial charge on any atom is 0.131 e. The van der Waals surface area contributed by atoms with Crippen molar-refractivity contribution in [2.24, 2.45) is 0 Å².